The fraction of sp³-hybridized carbons (Fsp3) is 0. The van der Waals surface area contributed by atoms with Crippen molar-refractivity contribution in [2.45, 2.75) is 0 Å². The molecule has 3 aromatic heterocycles. The van der Waals surface area contributed by atoms with Gasteiger partial charge in [0.2, 0.25) is 0 Å². The van der Waals surface area contributed by atoms with Gasteiger partial charge in [-0.3, -0.25) is 4.40 Å². The summed E-state index contributed by atoms with van der Waals surface area (Å²) >= 11 is 6.04. The van der Waals surface area contributed by atoms with Crippen molar-refractivity contribution < 1.29 is 4.42 Å². The summed E-state index contributed by atoms with van der Waals surface area (Å²) in [6.07, 6.45) is 3.42. The molecule has 0 aliphatic carbocycles. The number of hydrogen-bond donors (Lipinski definition) is 1. The Labute approximate surface area is 96.3 Å². The number of nitrogen functional groups attached to an aromatic ring is 1. The fourth-order valence-electron chi connectivity index (χ4n) is 1.64. The molecule has 0 amide bonds. The standard InChI is InChI=1S/C11H8ClN3O/c12-10-8-6-7(13)3-4-15(8)11(14-10)9-2-1-5-16-9/h1-6H,13H2. The molecule has 0 aliphatic heterocycles. The lowest BCUT2D eigenvalue weighted by molar-refractivity contribution is 0.577. The van der Waals surface area contributed by atoms with Crippen molar-refractivity contribution in [2.24, 2.45) is 0 Å². The van der Waals surface area contributed by atoms with Crippen molar-refractivity contribution in [3.63, 3.8) is 0 Å². The van der Waals surface area contributed by atoms with Crippen LogP contribution in [0.4, 0.5) is 5.69 Å². The smallest absolute Gasteiger partial charge is 0.182 e. The van der Waals surface area contributed by atoms with Crippen LogP contribution in [0.5, 0.6) is 0 Å². The Kier molecular flexibility index (Phi) is 1.91. The van der Waals surface area contributed by atoms with E-state index in [-0.39, 0.29) is 0 Å². The van der Waals surface area contributed by atoms with E-state index in [1.807, 2.05) is 22.7 Å². The highest BCUT2D eigenvalue weighted by Crippen LogP contribution is 2.26. The minimum Gasteiger partial charge on any atom is -0.461 e. The number of halogens is 1. The molecule has 0 saturated heterocycles. The SMILES string of the molecule is Nc1ccn2c(-c3ccco3)nc(Cl)c2c1. The number of furan rings is 1. The Balaban J connectivity index is 2.35. The highest BCUT2D eigenvalue weighted by molar-refractivity contribution is 6.33. The minimum absolute atomic E-state index is 0.415. The van der Waals surface area contributed by atoms with Crippen molar-refractivity contribution in [3.8, 4) is 11.6 Å². The van der Waals surface area contributed by atoms with Gasteiger partial charge in [0, 0.05) is 11.9 Å². The Bertz CT molecular complexity index is 643. The summed E-state index contributed by atoms with van der Waals surface area (Å²) < 4.78 is 7.14. The van der Waals surface area contributed by atoms with Crippen LogP contribution in [0.1, 0.15) is 0 Å². The summed E-state index contributed by atoms with van der Waals surface area (Å²) in [6, 6.07) is 7.21. The van der Waals surface area contributed by atoms with Gasteiger partial charge in [0.25, 0.3) is 0 Å². The largest absolute Gasteiger partial charge is 0.461 e. The highest BCUT2D eigenvalue weighted by Gasteiger charge is 2.12. The van der Waals surface area contributed by atoms with Crippen molar-refractivity contribution in [1.29, 1.82) is 0 Å². The predicted molar refractivity (Wildman–Crippen MR) is 62.3 cm³/mol. The van der Waals surface area contributed by atoms with Gasteiger partial charge >= 0.3 is 0 Å². The number of nitrogens with zero attached hydrogens (tertiary/aromatic N) is 2. The zero-order valence-electron chi connectivity index (χ0n) is 8.22. The van der Waals surface area contributed by atoms with Crippen LogP contribution in [0, 0.1) is 0 Å². The number of pyridine rings is 1. The molecule has 4 nitrogen and oxygen atoms in total. The van der Waals surface area contributed by atoms with Crippen LogP contribution < -0.4 is 5.73 Å². The molecule has 0 aliphatic rings. The molecule has 0 saturated carbocycles. The average Bonchev–Trinajstić information content (AvgIpc) is 2.87. The summed E-state index contributed by atoms with van der Waals surface area (Å²) in [5, 5.41) is 0.415. The lowest BCUT2D eigenvalue weighted by Crippen LogP contribution is -1.90. The van der Waals surface area contributed by atoms with Crippen LogP contribution in [-0.2, 0) is 0 Å². The average molecular weight is 234 g/mol. The molecular formula is C11H8ClN3O. The summed E-state index contributed by atoms with van der Waals surface area (Å²) in [7, 11) is 0. The second-order valence-electron chi connectivity index (χ2n) is 3.42. The molecule has 3 aromatic rings. The minimum atomic E-state index is 0.415. The van der Waals surface area contributed by atoms with Gasteiger partial charge in [0.05, 0.1) is 11.8 Å². The molecule has 0 spiro atoms. The molecule has 16 heavy (non-hydrogen) atoms. The summed E-state index contributed by atoms with van der Waals surface area (Å²) in [5.41, 5.74) is 7.12. The first-order chi connectivity index (χ1) is 7.75. The molecule has 5 heteroatoms. The van der Waals surface area contributed by atoms with E-state index < -0.39 is 0 Å². The van der Waals surface area contributed by atoms with Gasteiger partial charge < -0.3 is 10.2 Å². The van der Waals surface area contributed by atoms with Crippen molar-refractivity contribution in [1.82, 2.24) is 9.38 Å². The van der Waals surface area contributed by atoms with Gasteiger partial charge in [-0.2, -0.15) is 0 Å². The molecule has 3 heterocycles. The van der Waals surface area contributed by atoms with E-state index in [0.29, 0.717) is 22.4 Å². The number of anilines is 1. The highest BCUT2D eigenvalue weighted by atomic mass is 35.5. The Morgan fingerprint density at radius 3 is 3.00 bits per heavy atom. The van der Waals surface area contributed by atoms with E-state index in [0.717, 1.165) is 5.52 Å². The summed E-state index contributed by atoms with van der Waals surface area (Å²) in [4.78, 5) is 4.25. The molecule has 0 unspecified atom stereocenters. The van der Waals surface area contributed by atoms with E-state index in [1.54, 1.807) is 18.4 Å². The number of rotatable bonds is 1. The van der Waals surface area contributed by atoms with Crippen LogP contribution in [0.2, 0.25) is 5.15 Å². The topological polar surface area (TPSA) is 56.5 Å². The van der Waals surface area contributed by atoms with E-state index in [4.69, 9.17) is 21.8 Å². The molecule has 2 N–H and O–H groups in total. The Morgan fingerprint density at radius 2 is 2.25 bits per heavy atom. The third-order valence-corrected chi connectivity index (χ3v) is 2.64. The number of aromatic nitrogens is 2. The third-order valence-electron chi connectivity index (χ3n) is 2.36. The van der Waals surface area contributed by atoms with Crippen LogP contribution in [0.15, 0.2) is 41.1 Å². The number of nitrogens with two attached hydrogens (primary N) is 1. The first-order valence-corrected chi connectivity index (χ1v) is 5.10. The van der Waals surface area contributed by atoms with Crippen LogP contribution in [-0.4, -0.2) is 9.38 Å². The normalized spacial score (nSPS) is 11.1. The van der Waals surface area contributed by atoms with E-state index in [9.17, 15) is 0 Å². The Hall–Kier alpha value is -1.94. The Morgan fingerprint density at radius 1 is 1.38 bits per heavy atom. The molecule has 0 fully saturated rings. The molecule has 0 atom stereocenters. The van der Waals surface area contributed by atoms with Gasteiger partial charge in [-0.15, -0.1) is 0 Å². The van der Waals surface area contributed by atoms with Crippen molar-refractivity contribution in [3.05, 3.63) is 41.9 Å². The summed E-state index contributed by atoms with van der Waals surface area (Å²) in [6.45, 7) is 0. The zero-order valence-corrected chi connectivity index (χ0v) is 8.98. The summed E-state index contributed by atoms with van der Waals surface area (Å²) in [5.74, 6) is 1.34. The molecule has 0 radical (unpaired) electrons. The monoisotopic (exact) mass is 233 g/mol. The third kappa shape index (κ3) is 1.27. The molecule has 3 rings (SSSR count). The first-order valence-electron chi connectivity index (χ1n) is 4.72. The predicted octanol–water partition coefficient (Wildman–Crippen LogP) is 2.83. The quantitative estimate of drug-likeness (QED) is 0.703. The number of hydrogen-bond acceptors (Lipinski definition) is 3. The van der Waals surface area contributed by atoms with Gasteiger partial charge in [-0.25, -0.2) is 4.98 Å². The maximum Gasteiger partial charge on any atom is 0.182 e. The van der Waals surface area contributed by atoms with Crippen LogP contribution >= 0.6 is 11.6 Å². The lowest BCUT2D eigenvalue weighted by Gasteiger charge is -1.98. The first kappa shape index (κ1) is 9.30. The molecule has 80 valence electrons. The van der Waals surface area contributed by atoms with E-state index in [1.165, 1.54) is 0 Å². The second-order valence-corrected chi connectivity index (χ2v) is 3.78. The van der Waals surface area contributed by atoms with Gasteiger partial charge in [0.1, 0.15) is 0 Å². The van der Waals surface area contributed by atoms with Crippen LogP contribution in [0.3, 0.4) is 0 Å². The molecule has 0 bridgehead atoms. The van der Waals surface area contributed by atoms with E-state index in [2.05, 4.69) is 4.98 Å². The maximum absolute atomic E-state index is 6.04. The molecular weight excluding hydrogens is 226 g/mol. The van der Waals surface area contributed by atoms with Crippen LogP contribution in [0.25, 0.3) is 17.1 Å². The van der Waals surface area contributed by atoms with Gasteiger partial charge in [-0.1, -0.05) is 11.6 Å². The fourth-order valence-corrected chi connectivity index (χ4v) is 1.87. The van der Waals surface area contributed by atoms with Crippen molar-refractivity contribution >= 4 is 22.8 Å². The molecule has 0 aromatic carbocycles. The number of imidazole rings is 1. The van der Waals surface area contributed by atoms with Gasteiger partial charge in [-0.05, 0) is 24.3 Å². The number of fused-ring (bicyclic) bond motifs is 1. The lowest BCUT2D eigenvalue weighted by atomic mass is 10.3. The zero-order chi connectivity index (χ0) is 11.1. The van der Waals surface area contributed by atoms with E-state index >= 15 is 0 Å². The second kappa shape index (κ2) is 3.28. The van der Waals surface area contributed by atoms with Crippen molar-refractivity contribution in [2.75, 3.05) is 5.73 Å². The van der Waals surface area contributed by atoms with Gasteiger partial charge in [0.15, 0.2) is 16.7 Å². The maximum atomic E-state index is 6.04.